The maximum absolute atomic E-state index is 12.2. The molecular weight excluding hydrogens is 328 g/mol. The topological polar surface area (TPSA) is 95.9 Å². The van der Waals surface area contributed by atoms with E-state index in [-0.39, 0.29) is 11.7 Å². The van der Waals surface area contributed by atoms with Crippen molar-refractivity contribution in [2.24, 2.45) is 0 Å². The van der Waals surface area contributed by atoms with E-state index in [4.69, 9.17) is 4.74 Å². The van der Waals surface area contributed by atoms with Crippen molar-refractivity contribution in [1.29, 1.82) is 0 Å². The number of nitrogens with one attached hydrogen (secondary N) is 1. The Morgan fingerprint density at radius 2 is 2.09 bits per heavy atom. The van der Waals surface area contributed by atoms with Gasteiger partial charge in [0.25, 0.3) is 5.91 Å². The van der Waals surface area contributed by atoms with Crippen molar-refractivity contribution in [2.75, 3.05) is 12.0 Å². The molecule has 0 bridgehead atoms. The van der Waals surface area contributed by atoms with Crippen LogP contribution in [0, 0.1) is 0 Å². The Balaban J connectivity index is 2.10. The minimum atomic E-state index is -1.13. The molecule has 2 unspecified atom stereocenters. The number of ether oxygens (including phenoxy) is 1. The van der Waals surface area contributed by atoms with Crippen molar-refractivity contribution < 1.29 is 24.2 Å². The summed E-state index contributed by atoms with van der Waals surface area (Å²) < 4.78 is 5.73. The van der Waals surface area contributed by atoms with Gasteiger partial charge in [-0.25, -0.2) is 9.59 Å². The van der Waals surface area contributed by atoms with E-state index in [9.17, 15) is 19.5 Å². The highest BCUT2D eigenvalue weighted by atomic mass is 32.2. The smallest absolute Gasteiger partial charge is 0.408 e. The lowest BCUT2D eigenvalue weighted by atomic mass is 9.95. The average Bonchev–Trinajstić information content (AvgIpc) is 2.40. The fourth-order valence-corrected chi connectivity index (χ4v) is 4.30. The van der Waals surface area contributed by atoms with Crippen LogP contribution >= 0.6 is 23.5 Å². The van der Waals surface area contributed by atoms with Crippen LogP contribution in [0.5, 0.6) is 0 Å². The van der Waals surface area contributed by atoms with Gasteiger partial charge in [-0.1, -0.05) is 0 Å². The summed E-state index contributed by atoms with van der Waals surface area (Å²) in [5.41, 5.74) is -0.656. The third-order valence-corrected chi connectivity index (χ3v) is 5.48. The van der Waals surface area contributed by atoms with Crippen molar-refractivity contribution >= 4 is 41.5 Å². The van der Waals surface area contributed by atoms with Crippen molar-refractivity contribution in [3.63, 3.8) is 0 Å². The molecule has 1 fully saturated rings. The summed E-state index contributed by atoms with van der Waals surface area (Å²) >= 11 is 2.69. The van der Waals surface area contributed by atoms with Gasteiger partial charge >= 0.3 is 12.1 Å². The first kappa shape index (κ1) is 17.0. The molecule has 2 aliphatic heterocycles. The molecule has 22 heavy (non-hydrogen) atoms. The van der Waals surface area contributed by atoms with Crippen LogP contribution in [0.1, 0.15) is 20.8 Å². The first-order valence-corrected chi connectivity index (χ1v) is 8.83. The van der Waals surface area contributed by atoms with Crippen LogP contribution in [0.4, 0.5) is 4.79 Å². The molecular formula is C13H18N2O5S2. The molecule has 0 spiro atoms. The zero-order chi connectivity index (χ0) is 16.7. The number of amides is 2. The lowest BCUT2D eigenvalue weighted by Crippen LogP contribution is -2.72. The summed E-state index contributed by atoms with van der Waals surface area (Å²) in [5.74, 6) is -1.01. The minimum Gasteiger partial charge on any atom is -0.477 e. The number of thioether (sulfide) groups is 2. The lowest BCUT2D eigenvalue weighted by molar-refractivity contribution is -0.151. The average molecular weight is 346 g/mol. The highest BCUT2D eigenvalue weighted by Crippen LogP contribution is 2.42. The van der Waals surface area contributed by atoms with Crippen LogP contribution in [0.15, 0.2) is 9.93 Å². The highest BCUT2D eigenvalue weighted by molar-refractivity contribution is 8.22. The molecule has 1 saturated heterocycles. The SMILES string of the molecule is CSC1=C(C(=O)O)N2C(=O)C(NC(=O)OC(C)(C)C)C2CS1. The van der Waals surface area contributed by atoms with E-state index in [0.717, 1.165) is 0 Å². The number of aliphatic carboxylic acids is 1. The summed E-state index contributed by atoms with van der Waals surface area (Å²) in [6.45, 7) is 5.19. The number of carbonyl (C=O) groups excluding carboxylic acids is 2. The number of rotatable bonds is 3. The van der Waals surface area contributed by atoms with E-state index >= 15 is 0 Å². The van der Waals surface area contributed by atoms with E-state index in [0.29, 0.717) is 9.99 Å². The van der Waals surface area contributed by atoms with Crippen molar-refractivity contribution in [2.45, 2.75) is 38.5 Å². The lowest BCUT2D eigenvalue weighted by Gasteiger charge is -2.49. The summed E-state index contributed by atoms with van der Waals surface area (Å²) in [7, 11) is 0. The first-order chi connectivity index (χ1) is 10.2. The second-order valence-electron chi connectivity index (χ2n) is 5.86. The Morgan fingerprint density at radius 3 is 2.59 bits per heavy atom. The predicted molar refractivity (Wildman–Crippen MR) is 84.4 cm³/mol. The number of β-lactam (4-membered cyclic amide) rings is 1. The number of alkyl carbamates (subject to hydrolysis) is 1. The Kier molecular flexibility index (Phi) is 4.67. The molecule has 0 aromatic heterocycles. The fourth-order valence-electron chi connectivity index (χ4n) is 2.26. The van der Waals surface area contributed by atoms with Gasteiger partial charge in [0.1, 0.15) is 11.6 Å². The number of fused-ring (bicyclic) bond motifs is 1. The van der Waals surface area contributed by atoms with Crippen LogP contribution in [0.25, 0.3) is 0 Å². The monoisotopic (exact) mass is 346 g/mol. The third-order valence-electron chi connectivity index (χ3n) is 3.10. The van der Waals surface area contributed by atoms with Crippen molar-refractivity contribution in [3.8, 4) is 0 Å². The summed E-state index contributed by atoms with van der Waals surface area (Å²) in [6.07, 6.45) is 1.10. The Labute approximate surface area is 136 Å². The Morgan fingerprint density at radius 1 is 1.45 bits per heavy atom. The zero-order valence-electron chi connectivity index (χ0n) is 12.7. The number of carboxylic acid groups (broad SMARTS) is 1. The van der Waals surface area contributed by atoms with Gasteiger partial charge < -0.3 is 15.2 Å². The van der Waals surface area contributed by atoms with Gasteiger partial charge in [0, 0.05) is 5.75 Å². The predicted octanol–water partition coefficient (Wildman–Crippen LogP) is 1.45. The maximum atomic E-state index is 12.2. The normalized spacial score (nSPS) is 24.5. The maximum Gasteiger partial charge on any atom is 0.408 e. The van der Waals surface area contributed by atoms with Crippen LogP contribution in [0.2, 0.25) is 0 Å². The van der Waals surface area contributed by atoms with Crippen molar-refractivity contribution in [3.05, 3.63) is 9.93 Å². The summed E-state index contributed by atoms with van der Waals surface area (Å²) in [5, 5.41) is 11.8. The van der Waals surface area contributed by atoms with E-state index in [1.165, 1.54) is 28.4 Å². The largest absolute Gasteiger partial charge is 0.477 e. The van der Waals surface area contributed by atoms with E-state index < -0.39 is 29.6 Å². The molecule has 2 rings (SSSR count). The number of nitrogens with zero attached hydrogens (tertiary/aromatic N) is 1. The molecule has 2 N–H and O–H groups in total. The van der Waals surface area contributed by atoms with Gasteiger partial charge in [-0.15, -0.1) is 23.5 Å². The molecule has 9 heteroatoms. The molecule has 0 aliphatic carbocycles. The van der Waals surface area contributed by atoms with Crippen molar-refractivity contribution in [1.82, 2.24) is 10.2 Å². The molecule has 2 aliphatic rings. The van der Waals surface area contributed by atoms with Gasteiger partial charge in [0.2, 0.25) is 0 Å². The van der Waals surface area contributed by atoms with E-state index in [1.807, 2.05) is 0 Å². The summed E-state index contributed by atoms with van der Waals surface area (Å²) in [6, 6.07) is -1.09. The van der Waals surface area contributed by atoms with E-state index in [1.54, 1.807) is 27.0 Å². The number of hydrogen-bond acceptors (Lipinski definition) is 6. The fraction of sp³-hybridized carbons (Fsp3) is 0.615. The first-order valence-electron chi connectivity index (χ1n) is 6.62. The molecule has 0 radical (unpaired) electrons. The van der Waals surface area contributed by atoms with Gasteiger partial charge in [-0.05, 0) is 27.0 Å². The third kappa shape index (κ3) is 3.19. The molecule has 2 amide bonds. The van der Waals surface area contributed by atoms with Gasteiger partial charge in [0.05, 0.1) is 10.3 Å². The van der Waals surface area contributed by atoms with Crippen LogP contribution in [-0.2, 0) is 14.3 Å². The van der Waals surface area contributed by atoms with Gasteiger partial charge in [-0.2, -0.15) is 0 Å². The standard InChI is InChI=1S/C13H18N2O5S2/c1-13(2,3)20-12(19)14-7-6-5-22-11(21-4)8(10(17)18)15(6)9(7)16/h6-7H,5H2,1-4H3,(H,14,19)(H,17,18). The molecule has 7 nitrogen and oxygen atoms in total. The van der Waals surface area contributed by atoms with Crippen LogP contribution in [0.3, 0.4) is 0 Å². The van der Waals surface area contributed by atoms with Crippen LogP contribution in [-0.4, -0.2) is 57.7 Å². The zero-order valence-corrected chi connectivity index (χ0v) is 14.3. The highest BCUT2D eigenvalue weighted by Gasteiger charge is 2.54. The second-order valence-corrected chi connectivity index (χ2v) is 7.96. The van der Waals surface area contributed by atoms with Gasteiger partial charge in [0.15, 0.2) is 5.70 Å². The molecule has 2 atom stereocenters. The van der Waals surface area contributed by atoms with Crippen LogP contribution < -0.4 is 5.32 Å². The summed E-state index contributed by atoms with van der Waals surface area (Å²) in [4.78, 5) is 36.6. The number of carboxylic acids is 1. The molecule has 2 heterocycles. The number of hydrogen-bond donors (Lipinski definition) is 2. The minimum absolute atomic E-state index is 0.000915. The Hall–Kier alpha value is -1.35. The molecule has 122 valence electrons. The molecule has 0 aromatic rings. The quantitative estimate of drug-likeness (QED) is 0.747. The second kappa shape index (κ2) is 6.04. The van der Waals surface area contributed by atoms with Gasteiger partial charge in [-0.3, -0.25) is 9.69 Å². The molecule has 0 saturated carbocycles. The van der Waals surface area contributed by atoms with E-state index in [2.05, 4.69) is 5.32 Å². The molecule has 0 aromatic carbocycles. The Bertz CT molecular complexity index is 555. The number of carbonyl (C=O) groups is 3.